The van der Waals surface area contributed by atoms with Crippen molar-refractivity contribution in [3.8, 4) is 0 Å². The average Bonchev–Trinajstić information content (AvgIpc) is 2.74. The van der Waals surface area contributed by atoms with E-state index in [4.69, 9.17) is 0 Å². The van der Waals surface area contributed by atoms with Gasteiger partial charge in [0.15, 0.2) is 0 Å². The van der Waals surface area contributed by atoms with Gasteiger partial charge in [0.25, 0.3) is 0 Å². The topological polar surface area (TPSA) is 60.4 Å². The van der Waals surface area contributed by atoms with Crippen LogP contribution in [0.25, 0.3) is 0 Å². The van der Waals surface area contributed by atoms with Gasteiger partial charge in [-0.3, -0.25) is 9.59 Å². The van der Waals surface area contributed by atoms with E-state index < -0.39 is 0 Å². The fourth-order valence-electron chi connectivity index (χ4n) is 2.56. The Kier molecular flexibility index (Phi) is 6.61. The lowest BCUT2D eigenvalue weighted by Crippen LogP contribution is -2.15. The zero-order chi connectivity index (χ0) is 13.4. The van der Waals surface area contributed by atoms with E-state index in [9.17, 15) is 14.4 Å². The first kappa shape index (κ1) is 14.9. The molecule has 1 saturated carbocycles. The van der Waals surface area contributed by atoms with E-state index in [1.165, 1.54) is 7.11 Å². The molecule has 2 atom stereocenters. The summed E-state index contributed by atoms with van der Waals surface area (Å²) in [5.74, 6) is -0.000623. The molecule has 1 rings (SSSR count). The first-order valence-electron chi connectivity index (χ1n) is 6.74. The SMILES string of the molecule is COC(=O)CCCCCCC1C(=O)CCC1C=O. The number of esters is 1. The second-order valence-electron chi connectivity index (χ2n) is 4.94. The summed E-state index contributed by atoms with van der Waals surface area (Å²) in [6.07, 6.45) is 7.30. The Bertz CT molecular complexity index is 298. The summed E-state index contributed by atoms with van der Waals surface area (Å²) >= 11 is 0. The molecule has 1 fully saturated rings. The maximum absolute atomic E-state index is 11.6. The Labute approximate surface area is 108 Å². The highest BCUT2D eigenvalue weighted by Gasteiger charge is 2.33. The first-order chi connectivity index (χ1) is 8.69. The number of hydrogen-bond donors (Lipinski definition) is 0. The minimum absolute atomic E-state index is 0.0388. The van der Waals surface area contributed by atoms with Gasteiger partial charge in [0.1, 0.15) is 12.1 Å². The number of rotatable bonds is 8. The number of carbonyl (C=O) groups excluding carboxylic acids is 3. The van der Waals surface area contributed by atoms with Crippen LogP contribution in [0.3, 0.4) is 0 Å². The van der Waals surface area contributed by atoms with Crippen molar-refractivity contribution in [2.24, 2.45) is 11.8 Å². The molecule has 0 aliphatic heterocycles. The molecule has 0 aromatic heterocycles. The Morgan fingerprint density at radius 2 is 2.06 bits per heavy atom. The van der Waals surface area contributed by atoms with Crippen LogP contribution in [0.15, 0.2) is 0 Å². The third-order valence-corrected chi connectivity index (χ3v) is 3.70. The van der Waals surface area contributed by atoms with E-state index in [2.05, 4.69) is 4.74 Å². The lowest BCUT2D eigenvalue weighted by Gasteiger charge is -2.12. The molecule has 1 aliphatic carbocycles. The predicted octanol–water partition coefficient (Wildman–Crippen LogP) is 2.29. The summed E-state index contributed by atoms with van der Waals surface area (Å²) in [6, 6.07) is 0. The lowest BCUT2D eigenvalue weighted by molar-refractivity contribution is -0.140. The van der Waals surface area contributed by atoms with Crippen molar-refractivity contribution in [1.29, 1.82) is 0 Å². The van der Waals surface area contributed by atoms with Crippen molar-refractivity contribution in [3.63, 3.8) is 0 Å². The van der Waals surface area contributed by atoms with Gasteiger partial charge in [-0.15, -0.1) is 0 Å². The zero-order valence-electron chi connectivity index (χ0n) is 11.0. The van der Waals surface area contributed by atoms with E-state index in [1.807, 2.05) is 0 Å². The molecule has 18 heavy (non-hydrogen) atoms. The molecular formula is C14H22O4. The van der Waals surface area contributed by atoms with E-state index in [0.717, 1.165) is 44.8 Å². The Balaban J connectivity index is 2.08. The summed E-state index contributed by atoms with van der Waals surface area (Å²) in [5, 5.41) is 0. The van der Waals surface area contributed by atoms with Crippen LogP contribution < -0.4 is 0 Å². The average molecular weight is 254 g/mol. The fraction of sp³-hybridized carbons (Fsp3) is 0.786. The summed E-state index contributed by atoms with van der Waals surface area (Å²) < 4.78 is 4.56. The number of Topliss-reactive ketones (excluding diaryl/α,β-unsaturated/α-hetero) is 1. The monoisotopic (exact) mass is 254 g/mol. The molecule has 0 heterocycles. The maximum Gasteiger partial charge on any atom is 0.305 e. The minimum Gasteiger partial charge on any atom is -0.469 e. The molecule has 0 bridgehead atoms. The highest BCUT2D eigenvalue weighted by atomic mass is 16.5. The second kappa shape index (κ2) is 8.01. The van der Waals surface area contributed by atoms with Crippen LogP contribution in [0, 0.1) is 11.8 Å². The molecular weight excluding hydrogens is 232 g/mol. The third-order valence-electron chi connectivity index (χ3n) is 3.70. The molecule has 0 amide bonds. The number of aldehydes is 1. The number of unbranched alkanes of at least 4 members (excludes halogenated alkanes) is 3. The number of ether oxygens (including phenoxy) is 1. The molecule has 0 saturated heterocycles. The molecule has 4 nitrogen and oxygen atoms in total. The minimum atomic E-state index is -0.165. The standard InChI is InChI=1S/C14H22O4/c1-18-14(17)7-5-3-2-4-6-12-11(10-15)8-9-13(12)16/h10-12H,2-9H2,1H3. The van der Waals surface area contributed by atoms with Crippen LogP contribution in [0.2, 0.25) is 0 Å². The van der Waals surface area contributed by atoms with Crippen LogP contribution in [0.4, 0.5) is 0 Å². The smallest absolute Gasteiger partial charge is 0.305 e. The largest absolute Gasteiger partial charge is 0.469 e. The van der Waals surface area contributed by atoms with Gasteiger partial charge in [-0.25, -0.2) is 0 Å². The van der Waals surface area contributed by atoms with E-state index in [1.54, 1.807) is 0 Å². The fourth-order valence-corrected chi connectivity index (χ4v) is 2.56. The molecule has 1 aliphatic rings. The number of ketones is 1. The molecule has 0 radical (unpaired) electrons. The summed E-state index contributed by atoms with van der Waals surface area (Å²) in [4.78, 5) is 33.2. The van der Waals surface area contributed by atoms with Gasteiger partial charge in [0, 0.05) is 24.7 Å². The highest BCUT2D eigenvalue weighted by Crippen LogP contribution is 2.31. The number of hydrogen-bond acceptors (Lipinski definition) is 4. The molecule has 2 unspecified atom stereocenters. The van der Waals surface area contributed by atoms with Gasteiger partial charge in [-0.1, -0.05) is 19.3 Å². The summed E-state index contributed by atoms with van der Waals surface area (Å²) in [7, 11) is 1.40. The van der Waals surface area contributed by atoms with Gasteiger partial charge in [-0.2, -0.15) is 0 Å². The summed E-state index contributed by atoms with van der Waals surface area (Å²) in [5.41, 5.74) is 0. The van der Waals surface area contributed by atoms with Crippen LogP contribution >= 0.6 is 0 Å². The normalized spacial score (nSPS) is 23.1. The zero-order valence-corrected chi connectivity index (χ0v) is 11.0. The molecule has 4 heteroatoms. The van der Waals surface area contributed by atoms with Crippen LogP contribution in [-0.2, 0) is 19.1 Å². The predicted molar refractivity (Wildman–Crippen MR) is 67.0 cm³/mol. The molecule has 0 aromatic carbocycles. The highest BCUT2D eigenvalue weighted by molar-refractivity contribution is 5.86. The summed E-state index contributed by atoms with van der Waals surface area (Å²) in [6.45, 7) is 0. The van der Waals surface area contributed by atoms with E-state index >= 15 is 0 Å². The second-order valence-corrected chi connectivity index (χ2v) is 4.94. The number of carbonyl (C=O) groups is 3. The van der Waals surface area contributed by atoms with Gasteiger partial charge in [0.2, 0.25) is 0 Å². The van der Waals surface area contributed by atoms with Crippen molar-refractivity contribution in [3.05, 3.63) is 0 Å². The van der Waals surface area contributed by atoms with Crippen LogP contribution in [0.5, 0.6) is 0 Å². The van der Waals surface area contributed by atoms with Crippen molar-refractivity contribution in [2.45, 2.75) is 51.4 Å². The van der Waals surface area contributed by atoms with Crippen LogP contribution in [-0.4, -0.2) is 25.1 Å². The van der Waals surface area contributed by atoms with Crippen molar-refractivity contribution < 1.29 is 19.1 Å². The van der Waals surface area contributed by atoms with Crippen molar-refractivity contribution >= 4 is 18.0 Å². The molecule has 102 valence electrons. The first-order valence-corrected chi connectivity index (χ1v) is 6.74. The van der Waals surface area contributed by atoms with Crippen molar-refractivity contribution in [1.82, 2.24) is 0 Å². The molecule has 0 aromatic rings. The Morgan fingerprint density at radius 3 is 2.72 bits per heavy atom. The quantitative estimate of drug-likeness (QED) is 0.379. The Hall–Kier alpha value is -1.19. The van der Waals surface area contributed by atoms with Gasteiger partial charge in [0.05, 0.1) is 7.11 Å². The van der Waals surface area contributed by atoms with Gasteiger partial charge >= 0.3 is 5.97 Å². The molecule has 0 N–H and O–H groups in total. The van der Waals surface area contributed by atoms with Crippen molar-refractivity contribution in [2.75, 3.05) is 7.11 Å². The van der Waals surface area contributed by atoms with Gasteiger partial charge in [-0.05, 0) is 19.3 Å². The number of methoxy groups -OCH3 is 1. The van der Waals surface area contributed by atoms with Gasteiger partial charge < -0.3 is 9.53 Å². The third kappa shape index (κ3) is 4.59. The maximum atomic E-state index is 11.6. The van der Waals surface area contributed by atoms with E-state index in [-0.39, 0.29) is 23.6 Å². The Morgan fingerprint density at radius 1 is 1.33 bits per heavy atom. The molecule has 0 spiro atoms. The van der Waals surface area contributed by atoms with Crippen LogP contribution in [0.1, 0.15) is 51.4 Å². The van der Waals surface area contributed by atoms with E-state index in [0.29, 0.717) is 12.8 Å². The lowest BCUT2D eigenvalue weighted by atomic mass is 9.91.